The van der Waals surface area contributed by atoms with Crippen LogP contribution in [0.5, 0.6) is 0 Å². The molecule has 1 aromatic rings. The minimum atomic E-state index is -4.80. The molecule has 0 bridgehead atoms. The predicted octanol–water partition coefficient (Wildman–Crippen LogP) is -3.03. The van der Waals surface area contributed by atoms with Gasteiger partial charge in [-0.05, 0) is 18.6 Å². The Morgan fingerprint density at radius 1 is 1.27 bits per heavy atom. The summed E-state index contributed by atoms with van der Waals surface area (Å²) in [5.74, 6) is -0.837. The van der Waals surface area contributed by atoms with Crippen LogP contribution in [0, 0.1) is 0 Å². The monoisotopic (exact) mass is 333 g/mol. The van der Waals surface area contributed by atoms with Crippen LogP contribution in [0.25, 0.3) is 0 Å². The van der Waals surface area contributed by atoms with Crippen molar-refractivity contribution in [2.45, 2.75) is 18.5 Å². The number of nitrogens with zero attached hydrogens (tertiary/aromatic N) is 2. The number of anilines is 1. The molecule has 2 saturated heterocycles. The number of carbonyl (C=O) groups excluding carboxylic acids is 2. The van der Waals surface area contributed by atoms with Gasteiger partial charge in [0, 0.05) is 12.2 Å². The van der Waals surface area contributed by atoms with E-state index in [1.165, 1.54) is 4.90 Å². The van der Waals surface area contributed by atoms with Gasteiger partial charge in [0.1, 0.15) is 6.04 Å². The van der Waals surface area contributed by atoms with Crippen LogP contribution in [0.3, 0.4) is 0 Å². The average molecular weight is 333 g/mol. The summed E-state index contributed by atoms with van der Waals surface area (Å²) in [6, 6.07) is 6.62. The van der Waals surface area contributed by atoms with E-state index in [9.17, 15) is 22.6 Å². The number of fused-ring (bicyclic) bond motifs is 1. The molecular weight excluding hydrogens is 321 g/mol. The van der Waals surface area contributed by atoms with E-state index in [4.69, 9.17) is 0 Å². The predicted molar refractivity (Wildman–Crippen MR) is 70.9 cm³/mol. The Balaban J connectivity index is 0.00000176. The molecule has 2 fully saturated rings. The minimum Gasteiger partial charge on any atom is -0.731 e. The van der Waals surface area contributed by atoms with Gasteiger partial charge in [0.05, 0.1) is 6.04 Å². The number of hydrogen-bond acceptors (Lipinski definition) is 5. The average Bonchev–Trinajstić information content (AvgIpc) is 2.77. The number of benzene rings is 1. The van der Waals surface area contributed by atoms with Crippen LogP contribution < -0.4 is 34.9 Å². The SMILES string of the molecule is O=C(Nc1ccccc1)N1CC[C@@H]2[C@@H]1C(=O)N2S(=O)(=O)[O-].[Na+]. The first-order valence-electron chi connectivity index (χ1n) is 6.31. The Morgan fingerprint density at radius 2 is 1.91 bits per heavy atom. The summed E-state index contributed by atoms with van der Waals surface area (Å²) in [4.78, 5) is 25.2. The topological polar surface area (TPSA) is 110 Å². The van der Waals surface area contributed by atoms with Gasteiger partial charge in [0.2, 0.25) is 0 Å². The molecule has 0 spiro atoms. The van der Waals surface area contributed by atoms with Gasteiger partial charge in [-0.15, -0.1) is 0 Å². The Hall–Kier alpha value is -1.13. The molecule has 2 aliphatic rings. The van der Waals surface area contributed by atoms with Gasteiger partial charge in [0.25, 0.3) is 5.91 Å². The van der Waals surface area contributed by atoms with E-state index in [0.29, 0.717) is 9.99 Å². The Kier molecular flexibility index (Phi) is 4.83. The molecule has 2 atom stereocenters. The molecule has 10 heteroatoms. The van der Waals surface area contributed by atoms with Gasteiger partial charge in [-0.1, -0.05) is 18.2 Å². The van der Waals surface area contributed by atoms with E-state index < -0.39 is 34.3 Å². The van der Waals surface area contributed by atoms with Gasteiger partial charge in [-0.25, -0.2) is 17.5 Å². The molecule has 0 aliphatic carbocycles. The zero-order valence-corrected chi connectivity index (χ0v) is 14.6. The van der Waals surface area contributed by atoms with E-state index in [-0.39, 0.29) is 42.5 Å². The van der Waals surface area contributed by atoms with Crippen molar-refractivity contribution in [3.8, 4) is 0 Å². The quantitative estimate of drug-likeness (QED) is 0.352. The number of urea groups is 1. The van der Waals surface area contributed by atoms with Gasteiger partial charge in [-0.2, -0.15) is 0 Å². The van der Waals surface area contributed by atoms with Crippen molar-refractivity contribution < 1.29 is 52.1 Å². The molecule has 22 heavy (non-hydrogen) atoms. The maximum Gasteiger partial charge on any atom is 1.00 e. The molecular formula is C12H12N3NaO5S. The molecule has 0 aromatic heterocycles. The zero-order chi connectivity index (χ0) is 15.2. The van der Waals surface area contributed by atoms with Crippen LogP contribution in [0.2, 0.25) is 0 Å². The smallest absolute Gasteiger partial charge is 0.731 e. The van der Waals surface area contributed by atoms with Crippen LogP contribution in [-0.2, 0) is 15.1 Å². The number of β-lactam (4-membered cyclic amide) rings is 1. The van der Waals surface area contributed by atoms with Crippen molar-refractivity contribution in [3.05, 3.63) is 30.3 Å². The second-order valence-corrected chi connectivity index (χ2v) is 6.13. The summed E-state index contributed by atoms with van der Waals surface area (Å²) in [5, 5.41) is 2.63. The molecule has 2 aliphatic heterocycles. The normalized spacial score (nSPS) is 23.4. The van der Waals surface area contributed by atoms with Crippen molar-refractivity contribution >= 4 is 27.9 Å². The third-order valence-electron chi connectivity index (χ3n) is 3.66. The fourth-order valence-electron chi connectivity index (χ4n) is 2.75. The Labute approximate surface area is 149 Å². The number of carbonyl (C=O) groups is 2. The Morgan fingerprint density at radius 3 is 2.50 bits per heavy atom. The van der Waals surface area contributed by atoms with E-state index in [1.807, 2.05) is 0 Å². The number of amides is 3. The largest absolute Gasteiger partial charge is 1.00 e. The maximum absolute atomic E-state index is 12.1. The standard InChI is InChI=1S/C12H13N3O5S.Na/c16-11-10-9(15(11)21(18,19)20)6-7-14(10)12(17)13-8-4-2-1-3-5-8;/h1-5,9-10H,6-7H2,(H,13,17)(H,18,19,20);/q;+1/p-1/t9-,10-;/m1./s1. The number of likely N-dealkylation sites (tertiary alicyclic amines) is 1. The van der Waals surface area contributed by atoms with Crippen molar-refractivity contribution in [3.63, 3.8) is 0 Å². The third kappa shape index (κ3) is 2.86. The summed E-state index contributed by atoms with van der Waals surface area (Å²) >= 11 is 0. The van der Waals surface area contributed by atoms with Crippen LogP contribution in [0.1, 0.15) is 6.42 Å². The van der Waals surface area contributed by atoms with E-state index in [2.05, 4.69) is 5.32 Å². The van der Waals surface area contributed by atoms with Crippen molar-refractivity contribution in [2.24, 2.45) is 0 Å². The zero-order valence-electron chi connectivity index (χ0n) is 11.8. The Bertz CT molecular complexity index is 696. The second-order valence-electron chi connectivity index (χ2n) is 4.88. The molecule has 112 valence electrons. The van der Waals surface area contributed by atoms with E-state index in [0.717, 1.165) is 0 Å². The van der Waals surface area contributed by atoms with Crippen molar-refractivity contribution in [2.75, 3.05) is 11.9 Å². The maximum atomic E-state index is 12.1. The number of nitrogens with one attached hydrogen (secondary N) is 1. The molecule has 1 N–H and O–H groups in total. The molecule has 0 unspecified atom stereocenters. The van der Waals surface area contributed by atoms with Gasteiger partial charge < -0.3 is 14.8 Å². The van der Waals surface area contributed by atoms with Crippen LogP contribution in [0.4, 0.5) is 10.5 Å². The first kappa shape index (κ1) is 17.2. The first-order valence-corrected chi connectivity index (χ1v) is 7.68. The van der Waals surface area contributed by atoms with Gasteiger partial charge in [0.15, 0.2) is 10.3 Å². The summed E-state index contributed by atoms with van der Waals surface area (Å²) in [6.07, 6.45) is 0.278. The molecule has 8 nitrogen and oxygen atoms in total. The fourth-order valence-corrected chi connectivity index (χ4v) is 3.63. The molecule has 0 radical (unpaired) electrons. The van der Waals surface area contributed by atoms with Gasteiger partial charge >= 0.3 is 35.6 Å². The fraction of sp³-hybridized carbons (Fsp3) is 0.333. The minimum absolute atomic E-state index is 0. The summed E-state index contributed by atoms with van der Waals surface area (Å²) in [7, 11) is -4.80. The van der Waals surface area contributed by atoms with E-state index >= 15 is 0 Å². The first-order chi connectivity index (χ1) is 9.89. The number of hydrogen-bond donors (Lipinski definition) is 1. The second kappa shape index (κ2) is 6.17. The summed E-state index contributed by atoms with van der Waals surface area (Å²) < 4.78 is 33.2. The summed E-state index contributed by atoms with van der Waals surface area (Å²) in [5.41, 5.74) is 0.575. The van der Waals surface area contributed by atoms with Crippen molar-refractivity contribution in [1.82, 2.24) is 9.21 Å². The molecule has 0 saturated carbocycles. The van der Waals surface area contributed by atoms with Crippen LogP contribution >= 0.6 is 0 Å². The molecule has 3 rings (SSSR count). The van der Waals surface area contributed by atoms with Crippen molar-refractivity contribution in [1.29, 1.82) is 0 Å². The summed E-state index contributed by atoms with van der Waals surface area (Å²) in [6.45, 7) is 0.228. The van der Waals surface area contributed by atoms with Crippen LogP contribution in [-0.4, -0.2) is 52.7 Å². The van der Waals surface area contributed by atoms with Crippen LogP contribution in [0.15, 0.2) is 30.3 Å². The molecule has 2 heterocycles. The number of rotatable bonds is 2. The number of para-hydroxylation sites is 1. The molecule has 1 aromatic carbocycles. The van der Waals surface area contributed by atoms with E-state index in [1.54, 1.807) is 30.3 Å². The molecule has 3 amide bonds. The third-order valence-corrected chi connectivity index (χ3v) is 4.60. The van der Waals surface area contributed by atoms with Gasteiger partial charge in [-0.3, -0.25) is 4.79 Å².